The zero-order valence-corrected chi connectivity index (χ0v) is 16.2. The molecule has 0 aliphatic rings. The first-order valence-electron chi connectivity index (χ1n) is 9.35. The van der Waals surface area contributed by atoms with Crippen molar-refractivity contribution in [2.45, 2.75) is 39.3 Å². The molecule has 0 saturated heterocycles. The summed E-state index contributed by atoms with van der Waals surface area (Å²) in [4.78, 5) is 26.5. The zero-order valence-electron chi connectivity index (χ0n) is 16.2. The van der Waals surface area contributed by atoms with Crippen LogP contribution in [-0.4, -0.2) is 29.8 Å². The van der Waals surface area contributed by atoms with Gasteiger partial charge in [-0.3, -0.25) is 9.59 Å². The van der Waals surface area contributed by atoms with Crippen LogP contribution in [0.4, 0.5) is 0 Å². The van der Waals surface area contributed by atoms with Crippen molar-refractivity contribution in [1.29, 1.82) is 0 Å². The third kappa shape index (κ3) is 6.87. The van der Waals surface area contributed by atoms with Gasteiger partial charge in [-0.1, -0.05) is 60.2 Å². The number of nitrogens with two attached hydrogens (primary N) is 1. The summed E-state index contributed by atoms with van der Waals surface area (Å²) in [5, 5.41) is 2.91. The van der Waals surface area contributed by atoms with E-state index < -0.39 is 0 Å². The molecule has 0 bridgehead atoms. The lowest BCUT2D eigenvalue weighted by Crippen LogP contribution is -2.36. The van der Waals surface area contributed by atoms with Gasteiger partial charge in [0.15, 0.2) is 0 Å². The van der Waals surface area contributed by atoms with Crippen LogP contribution < -0.4 is 11.1 Å². The Kier molecular flexibility index (Phi) is 8.01. The van der Waals surface area contributed by atoms with Crippen molar-refractivity contribution >= 4 is 11.8 Å². The Labute approximate surface area is 161 Å². The topological polar surface area (TPSA) is 75.4 Å². The zero-order chi connectivity index (χ0) is 19.6. The number of nitrogens with one attached hydrogen (secondary N) is 1. The SMILES string of the molecule is CC(=O)NC(CC(=O)N(CCCN)Cc1ccccc1)c1ccc(C)cc1. The number of nitrogens with zero attached hydrogens (tertiary/aromatic N) is 1. The van der Waals surface area contributed by atoms with Crippen molar-refractivity contribution in [3.63, 3.8) is 0 Å². The minimum atomic E-state index is -0.341. The van der Waals surface area contributed by atoms with E-state index in [4.69, 9.17) is 5.73 Å². The maximum atomic E-state index is 13.0. The molecule has 0 fully saturated rings. The van der Waals surface area contributed by atoms with Crippen LogP contribution in [0.2, 0.25) is 0 Å². The number of aryl methyl sites for hydroxylation is 1. The Morgan fingerprint density at radius 1 is 1.07 bits per heavy atom. The number of rotatable bonds is 9. The third-order valence-corrected chi connectivity index (χ3v) is 4.44. The second kappa shape index (κ2) is 10.5. The first kappa shape index (κ1) is 20.6. The average Bonchev–Trinajstić information content (AvgIpc) is 2.65. The van der Waals surface area contributed by atoms with Gasteiger partial charge >= 0.3 is 0 Å². The van der Waals surface area contributed by atoms with E-state index in [9.17, 15) is 9.59 Å². The van der Waals surface area contributed by atoms with Crippen LogP contribution in [0.5, 0.6) is 0 Å². The monoisotopic (exact) mass is 367 g/mol. The van der Waals surface area contributed by atoms with Crippen molar-refractivity contribution in [3.8, 4) is 0 Å². The lowest BCUT2D eigenvalue weighted by Gasteiger charge is -2.26. The van der Waals surface area contributed by atoms with Gasteiger partial charge in [0.2, 0.25) is 11.8 Å². The van der Waals surface area contributed by atoms with Crippen LogP contribution >= 0.6 is 0 Å². The molecule has 2 amide bonds. The van der Waals surface area contributed by atoms with Gasteiger partial charge in [0, 0.05) is 20.0 Å². The van der Waals surface area contributed by atoms with Crippen molar-refractivity contribution in [1.82, 2.24) is 10.2 Å². The highest BCUT2D eigenvalue weighted by atomic mass is 16.2. The summed E-state index contributed by atoms with van der Waals surface area (Å²) in [6, 6.07) is 17.5. The van der Waals surface area contributed by atoms with E-state index in [2.05, 4.69) is 5.32 Å². The molecule has 144 valence electrons. The minimum Gasteiger partial charge on any atom is -0.349 e. The van der Waals surface area contributed by atoms with Crippen molar-refractivity contribution in [2.75, 3.05) is 13.1 Å². The lowest BCUT2D eigenvalue weighted by atomic mass is 10.0. The Hall–Kier alpha value is -2.66. The number of hydrogen-bond donors (Lipinski definition) is 2. The number of amides is 2. The largest absolute Gasteiger partial charge is 0.349 e. The number of benzene rings is 2. The smallest absolute Gasteiger partial charge is 0.225 e. The van der Waals surface area contributed by atoms with Crippen LogP contribution in [-0.2, 0) is 16.1 Å². The number of hydrogen-bond acceptors (Lipinski definition) is 3. The molecule has 2 rings (SSSR count). The molecule has 0 aliphatic heterocycles. The maximum absolute atomic E-state index is 13.0. The lowest BCUT2D eigenvalue weighted by molar-refractivity contribution is -0.132. The quantitative estimate of drug-likeness (QED) is 0.715. The Morgan fingerprint density at radius 3 is 2.33 bits per heavy atom. The molecule has 5 heteroatoms. The normalized spacial score (nSPS) is 11.7. The van der Waals surface area contributed by atoms with Crippen LogP contribution in [0.25, 0.3) is 0 Å². The van der Waals surface area contributed by atoms with E-state index in [1.54, 1.807) is 0 Å². The van der Waals surface area contributed by atoms with Crippen LogP contribution in [0.1, 0.15) is 42.5 Å². The van der Waals surface area contributed by atoms with E-state index in [-0.39, 0.29) is 24.3 Å². The molecule has 0 aliphatic carbocycles. The van der Waals surface area contributed by atoms with Gasteiger partial charge in [0.25, 0.3) is 0 Å². The predicted molar refractivity (Wildman–Crippen MR) is 108 cm³/mol. The van der Waals surface area contributed by atoms with Gasteiger partial charge in [0.1, 0.15) is 0 Å². The van der Waals surface area contributed by atoms with Crippen LogP contribution in [0, 0.1) is 6.92 Å². The second-order valence-corrected chi connectivity index (χ2v) is 6.81. The van der Waals surface area contributed by atoms with Crippen LogP contribution in [0.15, 0.2) is 54.6 Å². The first-order valence-corrected chi connectivity index (χ1v) is 9.35. The van der Waals surface area contributed by atoms with Gasteiger partial charge in [0.05, 0.1) is 12.5 Å². The first-order chi connectivity index (χ1) is 13.0. The fourth-order valence-corrected chi connectivity index (χ4v) is 2.98. The summed E-state index contributed by atoms with van der Waals surface area (Å²) >= 11 is 0. The molecule has 0 saturated carbocycles. The molecule has 0 aromatic heterocycles. The summed E-state index contributed by atoms with van der Waals surface area (Å²) in [5.74, 6) is -0.142. The molecule has 0 spiro atoms. The Bertz CT molecular complexity index is 729. The fourth-order valence-electron chi connectivity index (χ4n) is 2.98. The van der Waals surface area contributed by atoms with Gasteiger partial charge < -0.3 is 16.0 Å². The second-order valence-electron chi connectivity index (χ2n) is 6.81. The Morgan fingerprint density at radius 2 is 1.74 bits per heavy atom. The number of carbonyl (C=O) groups excluding carboxylic acids is 2. The highest BCUT2D eigenvalue weighted by Crippen LogP contribution is 2.20. The van der Waals surface area contributed by atoms with Gasteiger partial charge in [-0.2, -0.15) is 0 Å². The molecule has 1 unspecified atom stereocenters. The standard InChI is InChI=1S/C22H29N3O2/c1-17-9-11-20(12-10-17)21(24-18(2)26)15-22(27)25(14-6-13-23)16-19-7-4-3-5-8-19/h3-5,7-12,21H,6,13-16,23H2,1-2H3,(H,24,26). The molecule has 3 N–H and O–H groups in total. The highest BCUT2D eigenvalue weighted by molar-refractivity contribution is 5.79. The van der Waals surface area contributed by atoms with Crippen molar-refractivity contribution < 1.29 is 9.59 Å². The van der Waals surface area contributed by atoms with Crippen LogP contribution in [0.3, 0.4) is 0 Å². The summed E-state index contributed by atoms with van der Waals surface area (Å²) < 4.78 is 0. The highest BCUT2D eigenvalue weighted by Gasteiger charge is 2.21. The molecular formula is C22H29N3O2. The van der Waals surface area contributed by atoms with E-state index in [0.717, 1.165) is 23.1 Å². The van der Waals surface area contributed by atoms with E-state index >= 15 is 0 Å². The van der Waals surface area contributed by atoms with E-state index in [1.807, 2.05) is 66.4 Å². The van der Waals surface area contributed by atoms with Gasteiger partial charge in [-0.05, 0) is 31.0 Å². The summed E-state index contributed by atoms with van der Waals surface area (Å²) in [7, 11) is 0. The maximum Gasteiger partial charge on any atom is 0.225 e. The third-order valence-electron chi connectivity index (χ3n) is 4.44. The summed E-state index contributed by atoms with van der Waals surface area (Å²) in [5.41, 5.74) is 8.80. The molecule has 2 aromatic rings. The van der Waals surface area contributed by atoms with E-state index in [0.29, 0.717) is 19.6 Å². The molecule has 1 atom stereocenters. The average molecular weight is 367 g/mol. The molecule has 27 heavy (non-hydrogen) atoms. The van der Waals surface area contributed by atoms with Crippen molar-refractivity contribution in [2.24, 2.45) is 5.73 Å². The van der Waals surface area contributed by atoms with E-state index in [1.165, 1.54) is 6.92 Å². The molecule has 2 aromatic carbocycles. The number of carbonyl (C=O) groups is 2. The van der Waals surface area contributed by atoms with Gasteiger partial charge in [-0.15, -0.1) is 0 Å². The molecule has 5 nitrogen and oxygen atoms in total. The molecule has 0 radical (unpaired) electrons. The summed E-state index contributed by atoms with van der Waals surface area (Å²) in [6.07, 6.45) is 0.966. The van der Waals surface area contributed by atoms with Gasteiger partial charge in [-0.25, -0.2) is 0 Å². The van der Waals surface area contributed by atoms with Crippen molar-refractivity contribution in [3.05, 3.63) is 71.3 Å². The molecular weight excluding hydrogens is 338 g/mol. The Balaban J connectivity index is 2.14. The summed E-state index contributed by atoms with van der Waals surface area (Å²) in [6.45, 7) is 5.16. The predicted octanol–water partition coefficient (Wildman–Crippen LogP) is 2.94. The minimum absolute atomic E-state index is 0.00614. The fraction of sp³-hybridized carbons (Fsp3) is 0.364. The molecule has 0 heterocycles.